The Morgan fingerprint density at radius 1 is 0.364 bits per heavy atom. The molecule has 2 aromatic heterocycles. The van der Waals surface area contributed by atoms with Gasteiger partial charge in [-0.3, -0.25) is 0 Å². The zero-order chi connectivity index (χ0) is 28.8. The topological polar surface area (TPSA) is 13.1 Å². The molecule has 8 aromatic carbocycles. The maximum Gasteiger partial charge on any atom is 0.143 e. The summed E-state index contributed by atoms with van der Waals surface area (Å²) in [5.41, 5.74) is 6.92. The molecule has 0 saturated heterocycles. The first-order valence-electron chi connectivity index (χ1n) is 15.0. The highest BCUT2D eigenvalue weighted by Gasteiger charge is 2.21. The van der Waals surface area contributed by atoms with Crippen LogP contribution in [0.5, 0.6) is 0 Å². The summed E-state index contributed by atoms with van der Waals surface area (Å²) < 4.78 is 9.13. The molecule has 204 valence electrons. The van der Waals surface area contributed by atoms with E-state index in [2.05, 4.69) is 140 Å². The normalized spacial score (nSPS) is 12.1. The summed E-state index contributed by atoms with van der Waals surface area (Å²) in [7, 11) is 0. The molecular weight excluding hydrogens is 553 g/mol. The van der Waals surface area contributed by atoms with Crippen molar-refractivity contribution in [3.8, 4) is 22.3 Å². The fourth-order valence-electron chi connectivity index (χ4n) is 7.36. The van der Waals surface area contributed by atoms with E-state index >= 15 is 0 Å². The molecule has 0 atom stereocenters. The third-order valence-corrected chi connectivity index (χ3v) is 10.4. The van der Waals surface area contributed by atoms with Gasteiger partial charge in [0, 0.05) is 36.3 Å². The van der Waals surface area contributed by atoms with Crippen LogP contribution in [0.2, 0.25) is 0 Å². The highest BCUT2D eigenvalue weighted by Crippen LogP contribution is 2.48. The number of rotatable bonds is 2. The standard InChI is InChI=1S/C42H24OS/c1-6-18-33-26(11-1)35(24-36-27-12-7-9-19-37(27)43-42(33)36)41-31-16-4-2-14-29(31)40(30-15-3-5-17-32(30)41)25-21-22-39-34(23-25)28-13-8-10-20-38(28)44-39/h1-24H. The van der Waals surface area contributed by atoms with Crippen LogP contribution in [0.25, 0.3) is 96.7 Å². The lowest BCUT2D eigenvalue weighted by atomic mass is 9.84. The molecule has 44 heavy (non-hydrogen) atoms. The average molecular weight is 577 g/mol. The maximum absolute atomic E-state index is 6.47. The average Bonchev–Trinajstić information content (AvgIpc) is 3.65. The van der Waals surface area contributed by atoms with E-state index in [9.17, 15) is 0 Å². The SMILES string of the molecule is c1ccc2c(c1)oc1c3ccccc3c(-c3c4ccccc4c(-c4ccc5sc6ccccc6c5c4)c4ccccc34)cc21. The molecule has 0 unspecified atom stereocenters. The fraction of sp³-hybridized carbons (Fsp3) is 0. The molecule has 10 aromatic rings. The predicted molar refractivity (Wildman–Crippen MR) is 190 cm³/mol. The van der Waals surface area contributed by atoms with Crippen LogP contribution >= 0.6 is 11.3 Å². The van der Waals surface area contributed by atoms with Gasteiger partial charge >= 0.3 is 0 Å². The smallest absolute Gasteiger partial charge is 0.143 e. The van der Waals surface area contributed by atoms with Crippen molar-refractivity contribution in [3.63, 3.8) is 0 Å². The van der Waals surface area contributed by atoms with Crippen molar-refractivity contribution in [1.29, 1.82) is 0 Å². The quantitative estimate of drug-likeness (QED) is 0.187. The van der Waals surface area contributed by atoms with Crippen LogP contribution in [0.1, 0.15) is 0 Å². The van der Waals surface area contributed by atoms with Gasteiger partial charge in [-0.05, 0) is 79.5 Å². The first-order chi connectivity index (χ1) is 21.8. The molecule has 2 heterocycles. The number of furan rings is 1. The third-order valence-electron chi connectivity index (χ3n) is 9.25. The number of para-hydroxylation sites is 1. The first-order valence-corrected chi connectivity index (χ1v) is 15.8. The van der Waals surface area contributed by atoms with Gasteiger partial charge in [0.25, 0.3) is 0 Å². The van der Waals surface area contributed by atoms with Crippen molar-refractivity contribution >= 4 is 85.8 Å². The molecular formula is C42H24OS. The Kier molecular flexibility index (Phi) is 4.94. The lowest BCUT2D eigenvalue weighted by molar-refractivity contribution is 0.672. The maximum atomic E-state index is 6.47. The number of hydrogen-bond acceptors (Lipinski definition) is 2. The van der Waals surface area contributed by atoms with Gasteiger partial charge in [-0.1, -0.05) is 115 Å². The molecule has 10 rings (SSSR count). The van der Waals surface area contributed by atoms with Gasteiger partial charge in [-0.2, -0.15) is 0 Å². The van der Waals surface area contributed by atoms with Crippen LogP contribution in [0.15, 0.2) is 150 Å². The lowest BCUT2D eigenvalue weighted by Crippen LogP contribution is -1.92. The summed E-state index contributed by atoms with van der Waals surface area (Å²) in [6.07, 6.45) is 0. The molecule has 0 aliphatic heterocycles. The molecule has 0 bridgehead atoms. The molecule has 0 amide bonds. The highest BCUT2D eigenvalue weighted by atomic mass is 32.1. The van der Waals surface area contributed by atoms with E-state index in [1.807, 2.05) is 17.4 Å². The second kappa shape index (κ2) is 9.03. The van der Waals surface area contributed by atoms with E-state index in [0.717, 1.165) is 27.3 Å². The molecule has 0 saturated carbocycles. The summed E-state index contributed by atoms with van der Waals surface area (Å²) in [6.45, 7) is 0. The Hall–Kier alpha value is -5.44. The van der Waals surface area contributed by atoms with Crippen molar-refractivity contribution in [2.75, 3.05) is 0 Å². The molecule has 0 spiro atoms. The van der Waals surface area contributed by atoms with Crippen LogP contribution in [-0.2, 0) is 0 Å². The number of hydrogen-bond donors (Lipinski definition) is 0. The summed E-state index contributed by atoms with van der Waals surface area (Å²) in [4.78, 5) is 0. The third kappa shape index (κ3) is 3.29. The summed E-state index contributed by atoms with van der Waals surface area (Å²) in [6, 6.07) is 53.1. The van der Waals surface area contributed by atoms with Crippen LogP contribution < -0.4 is 0 Å². The minimum absolute atomic E-state index is 0.922. The van der Waals surface area contributed by atoms with Gasteiger partial charge in [-0.15, -0.1) is 11.3 Å². The molecule has 0 aliphatic carbocycles. The zero-order valence-electron chi connectivity index (χ0n) is 23.7. The molecule has 0 radical (unpaired) electrons. The van der Waals surface area contributed by atoms with Crippen molar-refractivity contribution in [1.82, 2.24) is 0 Å². The van der Waals surface area contributed by atoms with Gasteiger partial charge in [0.1, 0.15) is 11.2 Å². The Bertz CT molecular complexity index is 2720. The first kappa shape index (κ1) is 24.0. The Morgan fingerprint density at radius 2 is 0.909 bits per heavy atom. The van der Waals surface area contributed by atoms with Gasteiger partial charge in [-0.25, -0.2) is 0 Å². The van der Waals surface area contributed by atoms with Crippen LogP contribution in [0, 0.1) is 0 Å². The Balaban J connectivity index is 1.36. The molecule has 1 nitrogen and oxygen atoms in total. The minimum Gasteiger partial charge on any atom is -0.455 e. The van der Waals surface area contributed by atoms with E-state index in [1.165, 1.54) is 69.4 Å². The zero-order valence-corrected chi connectivity index (χ0v) is 24.5. The van der Waals surface area contributed by atoms with Gasteiger partial charge in [0.05, 0.1) is 0 Å². The summed E-state index contributed by atoms with van der Waals surface area (Å²) >= 11 is 1.87. The minimum atomic E-state index is 0.922. The van der Waals surface area contributed by atoms with Crippen LogP contribution in [0.4, 0.5) is 0 Å². The largest absolute Gasteiger partial charge is 0.455 e. The van der Waals surface area contributed by atoms with E-state index in [-0.39, 0.29) is 0 Å². The summed E-state index contributed by atoms with van der Waals surface area (Å²) in [5, 5.41) is 12.3. The fourth-order valence-corrected chi connectivity index (χ4v) is 8.45. The highest BCUT2D eigenvalue weighted by molar-refractivity contribution is 7.25. The summed E-state index contributed by atoms with van der Waals surface area (Å²) in [5.74, 6) is 0. The van der Waals surface area contributed by atoms with Crippen LogP contribution in [-0.4, -0.2) is 0 Å². The molecule has 0 fully saturated rings. The molecule has 0 aliphatic rings. The van der Waals surface area contributed by atoms with Gasteiger partial charge in [0.15, 0.2) is 0 Å². The van der Waals surface area contributed by atoms with Crippen molar-refractivity contribution < 1.29 is 4.42 Å². The number of fused-ring (bicyclic) bond motifs is 10. The Morgan fingerprint density at radius 3 is 1.64 bits per heavy atom. The monoisotopic (exact) mass is 576 g/mol. The van der Waals surface area contributed by atoms with E-state index in [1.54, 1.807) is 0 Å². The van der Waals surface area contributed by atoms with Crippen molar-refractivity contribution in [3.05, 3.63) is 146 Å². The van der Waals surface area contributed by atoms with E-state index in [0.29, 0.717) is 0 Å². The number of thiophene rings is 1. The molecule has 2 heteroatoms. The van der Waals surface area contributed by atoms with E-state index in [4.69, 9.17) is 4.42 Å². The second-order valence-electron chi connectivity index (χ2n) is 11.6. The van der Waals surface area contributed by atoms with Gasteiger partial charge in [0.2, 0.25) is 0 Å². The number of benzene rings is 8. The van der Waals surface area contributed by atoms with Crippen LogP contribution in [0.3, 0.4) is 0 Å². The van der Waals surface area contributed by atoms with Gasteiger partial charge < -0.3 is 4.42 Å². The van der Waals surface area contributed by atoms with E-state index < -0.39 is 0 Å². The van der Waals surface area contributed by atoms with Crippen molar-refractivity contribution in [2.24, 2.45) is 0 Å². The second-order valence-corrected chi connectivity index (χ2v) is 12.7. The van der Waals surface area contributed by atoms with Crippen molar-refractivity contribution in [2.45, 2.75) is 0 Å². The molecule has 0 N–H and O–H groups in total. The predicted octanol–water partition coefficient (Wildman–Crippen LogP) is 12.7. The Labute approximate surface area is 257 Å². The lowest BCUT2D eigenvalue weighted by Gasteiger charge is -2.19.